The molecule has 14 nitrogen and oxygen atoms in total. The average Bonchev–Trinajstić information content (AvgIpc) is 0.943. The smallest absolute Gasteiger partial charge is 0.411 e. The Morgan fingerprint density at radius 2 is 0.776 bits per heavy atom. The maximum atomic E-state index is 14.9. The minimum Gasteiger partial charge on any atom is -0.508 e. The van der Waals surface area contributed by atoms with Crippen LogP contribution in [0, 0.1) is 0 Å². The van der Waals surface area contributed by atoms with Crippen molar-refractivity contribution in [3.05, 3.63) is 226 Å². The van der Waals surface area contributed by atoms with Gasteiger partial charge in [0.1, 0.15) is 34.5 Å². The molecule has 0 fully saturated rings. The third kappa shape index (κ3) is 12.1. The van der Waals surface area contributed by atoms with Crippen LogP contribution in [0.15, 0.2) is 202 Å². The van der Waals surface area contributed by atoms with Crippen LogP contribution in [0.25, 0.3) is 0 Å². The molecule has 0 radical (unpaired) electrons. The summed E-state index contributed by atoms with van der Waals surface area (Å²) in [7, 11) is -10.1. The van der Waals surface area contributed by atoms with E-state index < -0.39 is 155 Å². The van der Waals surface area contributed by atoms with Gasteiger partial charge in [-0.25, -0.2) is 13.7 Å². The van der Waals surface area contributed by atoms with Crippen molar-refractivity contribution in [3.63, 3.8) is 0 Å². The number of ether oxygens (including phenoxy) is 2. The van der Waals surface area contributed by atoms with E-state index in [1.807, 2.05) is 0 Å². The fourth-order valence-corrected chi connectivity index (χ4v) is 11.3. The Balaban J connectivity index is 1.23. The van der Waals surface area contributed by atoms with Crippen LogP contribution in [0.5, 0.6) is 34.5 Å². The van der Waals surface area contributed by atoms with Crippen molar-refractivity contribution >= 4 is 43.6 Å². The molecule has 0 heterocycles. The van der Waals surface area contributed by atoms with Gasteiger partial charge < -0.3 is 19.7 Å². The zero-order valence-electron chi connectivity index (χ0n) is 42.0. The van der Waals surface area contributed by atoms with Gasteiger partial charge in [0.15, 0.2) is 11.6 Å². The molecule has 0 saturated carbocycles. The first-order valence-corrected chi connectivity index (χ1v) is 27.2. The summed E-state index contributed by atoms with van der Waals surface area (Å²) in [5.74, 6) is -5.94. The number of phenols is 2. The van der Waals surface area contributed by atoms with Crippen LogP contribution >= 0.6 is 12.0 Å². The van der Waals surface area contributed by atoms with E-state index in [4.69, 9.17) is 14.7 Å². The Bertz CT molecular complexity index is 4020. The maximum Gasteiger partial charge on any atom is 0.411 e. The van der Waals surface area contributed by atoms with E-state index in [9.17, 15) is 93.9 Å². The predicted molar refractivity (Wildman–Crippen MR) is 274 cm³/mol. The summed E-state index contributed by atoms with van der Waals surface area (Å²) in [6, 6.07) is 21.7. The highest BCUT2D eigenvalue weighted by molar-refractivity contribution is 7.94. The summed E-state index contributed by atoms with van der Waals surface area (Å²) in [6.45, 7) is 0. The second kappa shape index (κ2) is 23.2. The van der Waals surface area contributed by atoms with E-state index in [-0.39, 0.29) is 10.5 Å². The molecule has 29 heteroatoms. The molecule has 0 aliphatic rings. The van der Waals surface area contributed by atoms with Gasteiger partial charge in [0.25, 0.3) is 10.1 Å². The number of rotatable bonds is 18. The van der Waals surface area contributed by atoms with E-state index in [0.29, 0.717) is 121 Å². The first-order chi connectivity index (χ1) is 39.6. The molecule has 0 aliphatic heterocycles. The number of hydrogen-bond donors (Lipinski definition) is 4. The van der Waals surface area contributed by atoms with Gasteiger partial charge in [-0.1, -0.05) is 77.8 Å². The Morgan fingerprint density at radius 1 is 0.424 bits per heavy atom. The highest BCUT2D eigenvalue weighted by Crippen LogP contribution is 2.58. The van der Waals surface area contributed by atoms with Gasteiger partial charge in [0.05, 0.1) is 37.9 Å². The number of benzene rings is 8. The first-order valence-electron chi connectivity index (χ1n) is 23.5. The van der Waals surface area contributed by atoms with Crippen molar-refractivity contribution in [2.24, 2.45) is 0 Å². The van der Waals surface area contributed by atoms with Crippen molar-refractivity contribution in [1.82, 2.24) is 0 Å². The van der Waals surface area contributed by atoms with E-state index in [2.05, 4.69) is 9.37 Å². The number of ketones is 2. The zero-order valence-corrected chi connectivity index (χ0v) is 44.4. The molecule has 85 heavy (non-hydrogen) atoms. The number of aromatic hydroxyl groups is 2. The van der Waals surface area contributed by atoms with Gasteiger partial charge in [-0.2, -0.15) is 61.1 Å². The van der Waals surface area contributed by atoms with Gasteiger partial charge in [-0.3, -0.25) is 14.1 Å². The summed E-state index contributed by atoms with van der Waals surface area (Å²) in [5.41, 5.74) is -17.1. The van der Waals surface area contributed by atoms with Gasteiger partial charge in [-0.15, -0.1) is 4.33 Å². The second-order valence-corrected chi connectivity index (χ2v) is 22.2. The summed E-state index contributed by atoms with van der Waals surface area (Å²) in [5, 5.41) is 31.6. The lowest BCUT2D eigenvalue weighted by atomic mass is 9.73. The normalized spacial score (nSPS) is 12.9. The molecule has 0 bridgehead atoms. The molecule has 8 rings (SSSR count). The van der Waals surface area contributed by atoms with Crippen LogP contribution in [0.2, 0.25) is 0 Å². The predicted octanol–water partition coefficient (Wildman–Crippen LogP) is 14.5. The molecule has 8 aromatic rings. The zero-order chi connectivity index (χ0) is 62.3. The second-order valence-electron chi connectivity index (χ2n) is 18.1. The van der Waals surface area contributed by atoms with Crippen LogP contribution in [-0.4, -0.2) is 73.1 Å². The Kier molecular flexibility index (Phi) is 17.1. The Labute approximate surface area is 475 Å². The van der Waals surface area contributed by atoms with Crippen LogP contribution in [0.3, 0.4) is 0 Å². The lowest BCUT2D eigenvalue weighted by Crippen LogP contribution is -2.54. The van der Waals surface area contributed by atoms with E-state index >= 15 is 0 Å². The third-order valence-corrected chi connectivity index (χ3v) is 16.2. The lowest BCUT2D eigenvalue weighted by molar-refractivity contribution is -0.432. The van der Waals surface area contributed by atoms with Crippen molar-refractivity contribution in [2.45, 2.75) is 55.1 Å². The number of carbonyl (C=O) groups excluding carboxylic acids is 2. The van der Waals surface area contributed by atoms with Crippen molar-refractivity contribution in [2.75, 3.05) is 0 Å². The first kappa shape index (κ1) is 62.6. The van der Waals surface area contributed by atoms with E-state index in [1.165, 1.54) is 18.2 Å². The molecular formula is C56H34F12O14S3. The number of halogens is 12. The number of alkyl halides is 12. The summed E-state index contributed by atoms with van der Waals surface area (Å²) >= 11 is 0.379. The maximum absolute atomic E-state index is 14.9. The third-order valence-electron chi connectivity index (χ3n) is 13.0. The molecule has 0 aliphatic carbocycles. The van der Waals surface area contributed by atoms with Gasteiger partial charge >= 0.3 is 24.7 Å². The summed E-state index contributed by atoms with van der Waals surface area (Å²) < 4.78 is 258. The Hall–Kier alpha value is -8.45. The standard InChI is InChI=1S/C56H34F12O14S3/c57-53(58,59)51(54(60,61)62,33-7-15-37(69)16-8-33)35-11-19-39(20-12-35)79-47-25-23-42(29-45(47)49(71)31-3-1-5-41(27-31)83-82-81-73)84(74,75)43-24-26-48(46(30-43)50(72)32-4-2-6-44(28-32)85(76,77)78)80-40-21-13-36(14-22-40)52(55(63,64)65,56(66,67)68)34-9-17-38(70)18-10-34/h1-30,69-70,73H,(H,76,77,78). The van der Waals surface area contributed by atoms with Crippen LogP contribution in [0.1, 0.15) is 54.1 Å². The number of sulfone groups is 1. The monoisotopic (exact) mass is 1250 g/mol. The molecule has 0 unspecified atom stereocenters. The van der Waals surface area contributed by atoms with E-state index in [1.54, 1.807) is 0 Å². The summed E-state index contributed by atoms with van der Waals surface area (Å²) in [4.78, 5) is 26.4. The average molecular weight is 1260 g/mol. The molecule has 0 aromatic heterocycles. The van der Waals surface area contributed by atoms with Crippen molar-refractivity contribution in [3.8, 4) is 34.5 Å². The van der Waals surface area contributed by atoms with Crippen LogP contribution in [-0.2, 0) is 40.2 Å². The Morgan fingerprint density at radius 3 is 1.13 bits per heavy atom. The molecule has 8 aromatic carbocycles. The number of hydrogen-bond acceptors (Lipinski definition) is 14. The van der Waals surface area contributed by atoms with Crippen molar-refractivity contribution in [1.29, 1.82) is 0 Å². The topological polar surface area (TPSA) is 220 Å². The highest BCUT2D eigenvalue weighted by atomic mass is 32.2. The molecule has 4 N–H and O–H groups in total. The molecule has 0 atom stereocenters. The minimum atomic E-state index is -6.07. The lowest BCUT2D eigenvalue weighted by Gasteiger charge is -2.38. The fourth-order valence-electron chi connectivity index (χ4n) is 9.06. The molecular weight excluding hydrogens is 1220 g/mol. The molecule has 0 spiro atoms. The highest BCUT2D eigenvalue weighted by Gasteiger charge is 2.73. The quantitative estimate of drug-likeness (QED) is 0.0157. The fraction of sp³-hybridized carbons (Fsp3) is 0.107. The van der Waals surface area contributed by atoms with Gasteiger partial charge in [-0.05, 0) is 131 Å². The van der Waals surface area contributed by atoms with Crippen molar-refractivity contribution < 1.29 is 118 Å². The molecule has 0 amide bonds. The molecule has 444 valence electrons. The van der Waals surface area contributed by atoms with Crippen LogP contribution in [0.4, 0.5) is 52.7 Å². The van der Waals surface area contributed by atoms with Gasteiger partial charge in [0.2, 0.25) is 20.7 Å². The van der Waals surface area contributed by atoms with Gasteiger partial charge in [0, 0.05) is 16.0 Å². The summed E-state index contributed by atoms with van der Waals surface area (Å²) in [6.07, 6.45) is -24.2. The minimum absolute atomic E-state index is 0.0792. The largest absolute Gasteiger partial charge is 0.508 e. The molecule has 0 saturated heterocycles. The SMILES string of the molecule is O=C(c1cccc(SOOO)c1)c1cc(S(=O)(=O)c2ccc(Oc3ccc(C(c4ccc(O)cc4)(C(F)(F)F)C(F)(F)F)cc3)c(C(=O)c3cccc(S(=O)(=O)O)c3)c2)ccc1Oc1ccc(C(c2ccc(O)cc2)(C(F)(F)F)C(F)(F)F)cc1. The van der Waals surface area contributed by atoms with Crippen LogP contribution < -0.4 is 9.47 Å². The van der Waals surface area contributed by atoms with E-state index in [0.717, 1.165) is 54.6 Å². The number of phenolic OH excluding ortho intramolecular Hbond substituents is 2. The number of carbonyl (C=O) groups is 2.